The van der Waals surface area contributed by atoms with Gasteiger partial charge in [0.15, 0.2) is 0 Å². The lowest BCUT2D eigenvalue weighted by Crippen LogP contribution is -2.39. The van der Waals surface area contributed by atoms with Gasteiger partial charge in [-0.3, -0.25) is 0 Å². The van der Waals surface area contributed by atoms with Crippen molar-refractivity contribution in [3.05, 3.63) is 34.9 Å². The molecule has 1 aromatic carbocycles. The molecule has 2 nitrogen and oxygen atoms in total. The molecule has 0 atom stereocenters. The summed E-state index contributed by atoms with van der Waals surface area (Å²) in [4.78, 5) is 0. The Morgan fingerprint density at radius 1 is 0.667 bits per heavy atom. The van der Waals surface area contributed by atoms with Crippen molar-refractivity contribution < 1.29 is 0 Å². The van der Waals surface area contributed by atoms with Gasteiger partial charge in [-0.25, -0.2) is 0 Å². The average Bonchev–Trinajstić information content (AvgIpc) is 2.19. The molecule has 0 radical (unpaired) electrons. The van der Waals surface area contributed by atoms with Gasteiger partial charge in [0.05, 0.1) is 0 Å². The SMILES string of the molecule is C1CNCCN1.Cc1cc(C)cc(C)c1. The lowest BCUT2D eigenvalue weighted by Gasteiger charge is -2.11. The van der Waals surface area contributed by atoms with Gasteiger partial charge in [0, 0.05) is 26.2 Å². The van der Waals surface area contributed by atoms with E-state index < -0.39 is 0 Å². The molecular weight excluding hydrogens is 184 g/mol. The fourth-order valence-electron chi connectivity index (χ4n) is 1.81. The van der Waals surface area contributed by atoms with Crippen LogP contribution in [0.1, 0.15) is 16.7 Å². The van der Waals surface area contributed by atoms with Gasteiger partial charge < -0.3 is 10.6 Å². The summed E-state index contributed by atoms with van der Waals surface area (Å²) in [6.07, 6.45) is 0. The Kier molecular flexibility index (Phi) is 5.37. The highest BCUT2D eigenvalue weighted by molar-refractivity contribution is 5.27. The molecule has 1 fully saturated rings. The second kappa shape index (κ2) is 6.59. The van der Waals surface area contributed by atoms with Crippen molar-refractivity contribution in [3.63, 3.8) is 0 Å². The van der Waals surface area contributed by atoms with Crippen molar-refractivity contribution in [2.24, 2.45) is 0 Å². The molecule has 0 unspecified atom stereocenters. The molecule has 84 valence electrons. The van der Waals surface area contributed by atoms with Gasteiger partial charge in [0.25, 0.3) is 0 Å². The molecule has 0 bridgehead atoms. The lowest BCUT2D eigenvalue weighted by atomic mass is 10.1. The highest BCUT2D eigenvalue weighted by Gasteiger charge is 1.91. The van der Waals surface area contributed by atoms with Gasteiger partial charge in [0.2, 0.25) is 0 Å². The maximum atomic E-state index is 3.22. The van der Waals surface area contributed by atoms with Crippen LogP contribution in [0.15, 0.2) is 18.2 Å². The smallest absolute Gasteiger partial charge is 0.00772 e. The Morgan fingerprint density at radius 3 is 1.13 bits per heavy atom. The van der Waals surface area contributed by atoms with Crippen LogP contribution in [-0.4, -0.2) is 26.2 Å². The number of rotatable bonds is 0. The van der Waals surface area contributed by atoms with E-state index in [0.29, 0.717) is 0 Å². The normalized spacial score (nSPS) is 15.4. The van der Waals surface area contributed by atoms with E-state index >= 15 is 0 Å². The van der Waals surface area contributed by atoms with E-state index in [4.69, 9.17) is 0 Å². The van der Waals surface area contributed by atoms with Crippen LogP contribution in [0, 0.1) is 20.8 Å². The summed E-state index contributed by atoms with van der Waals surface area (Å²) in [5, 5.41) is 6.44. The van der Waals surface area contributed by atoms with Gasteiger partial charge >= 0.3 is 0 Å². The molecule has 0 spiro atoms. The first kappa shape index (κ1) is 12.2. The molecule has 0 saturated carbocycles. The number of piperazine rings is 1. The van der Waals surface area contributed by atoms with Crippen molar-refractivity contribution in [1.82, 2.24) is 10.6 Å². The molecule has 2 N–H and O–H groups in total. The third-order valence-electron chi connectivity index (χ3n) is 2.32. The Labute approximate surface area is 93.1 Å². The third kappa shape index (κ3) is 5.55. The zero-order valence-corrected chi connectivity index (χ0v) is 10.1. The molecule has 0 aromatic heterocycles. The molecule has 1 aromatic rings. The van der Waals surface area contributed by atoms with Crippen LogP contribution >= 0.6 is 0 Å². The minimum atomic E-state index is 1.14. The third-order valence-corrected chi connectivity index (χ3v) is 2.32. The lowest BCUT2D eigenvalue weighted by molar-refractivity contribution is 0.534. The van der Waals surface area contributed by atoms with Crippen molar-refractivity contribution in [1.29, 1.82) is 0 Å². The molecule has 1 heterocycles. The molecule has 2 heteroatoms. The summed E-state index contributed by atoms with van der Waals surface area (Å²) >= 11 is 0. The summed E-state index contributed by atoms with van der Waals surface area (Å²) in [7, 11) is 0. The molecule has 0 amide bonds. The van der Waals surface area contributed by atoms with E-state index in [2.05, 4.69) is 49.6 Å². The fraction of sp³-hybridized carbons (Fsp3) is 0.538. The van der Waals surface area contributed by atoms with Crippen molar-refractivity contribution in [2.75, 3.05) is 26.2 Å². The van der Waals surface area contributed by atoms with E-state index in [-0.39, 0.29) is 0 Å². The van der Waals surface area contributed by atoms with E-state index in [1.54, 1.807) is 0 Å². The first-order valence-corrected chi connectivity index (χ1v) is 5.65. The number of benzene rings is 1. The van der Waals surface area contributed by atoms with Gasteiger partial charge in [-0.15, -0.1) is 0 Å². The number of hydrogen-bond acceptors (Lipinski definition) is 2. The molecule has 1 aliphatic heterocycles. The Morgan fingerprint density at radius 2 is 0.933 bits per heavy atom. The topological polar surface area (TPSA) is 24.1 Å². The molecule has 1 aliphatic rings. The van der Waals surface area contributed by atoms with Crippen LogP contribution in [0.5, 0.6) is 0 Å². The minimum Gasteiger partial charge on any atom is -0.314 e. The van der Waals surface area contributed by atoms with E-state index in [0.717, 1.165) is 26.2 Å². The summed E-state index contributed by atoms with van der Waals surface area (Å²) in [5.74, 6) is 0. The molecular formula is C13H22N2. The Balaban J connectivity index is 0.000000162. The first-order valence-electron chi connectivity index (χ1n) is 5.65. The predicted octanol–water partition coefficient (Wildman–Crippen LogP) is 1.79. The monoisotopic (exact) mass is 206 g/mol. The molecule has 15 heavy (non-hydrogen) atoms. The van der Waals surface area contributed by atoms with E-state index in [9.17, 15) is 0 Å². The number of hydrogen-bond donors (Lipinski definition) is 2. The standard InChI is InChI=1S/C9H12.C4H10N2/c1-7-4-8(2)6-9(3)5-7;1-2-6-4-3-5-1/h4-6H,1-3H3;5-6H,1-4H2. The highest BCUT2D eigenvalue weighted by atomic mass is 15.0. The van der Waals surface area contributed by atoms with Crippen LogP contribution in [-0.2, 0) is 0 Å². The van der Waals surface area contributed by atoms with Crippen LogP contribution in [0.3, 0.4) is 0 Å². The highest BCUT2D eigenvalue weighted by Crippen LogP contribution is 2.06. The number of nitrogens with one attached hydrogen (secondary N) is 2. The summed E-state index contributed by atoms with van der Waals surface area (Å²) in [6, 6.07) is 6.56. The van der Waals surface area contributed by atoms with E-state index in [1.807, 2.05) is 0 Å². The maximum absolute atomic E-state index is 3.22. The van der Waals surface area contributed by atoms with Crippen LogP contribution in [0.25, 0.3) is 0 Å². The second-order valence-corrected chi connectivity index (χ2v) is 4.17. The summed E-state index contributed by atoms with van der Waals surface area (Å²) < 4.78 is 0. The number of aryl methyl sites for hydroxylation is 3. The first-order chi connectivity index (χ1) is 7.18. The van der Waals surface area contributed by atoms with Gasteiger partial charge in [-0.1, -0.05) is 34.9 Å². The zero-order chi connectivity index (χ0) is 11.1. The van der Waals surface area contributed by atoms with Gasteiger partial charge in [-0.2, -0.15) is 0 Å². The zero-order valence-electron chi connectivity index (χ0n) is 10.1. The van der Waals surface area contributed by atoms with Gasteiger partial charge in [-0.05, 0) is 20.8 Å². The fourth-order valence-corrected chi connectivity index (χ4v) is 1.81. The largest absolute Gasteiger partial charge is 0.314 e. The van der Waals surface area contributed by atoms with Crippen LogP contribution in [0.4, 0.5) is 0 Å². The predicted molar refractivity (Wildman–Crippen MR) is 66.4 cm³/mol. The molecule has 0 aliphatic carbocycles. The molecule has 1 saturated heterocycles. The maximum Gasteiger partial charge on any atom is 0.00772 e. The quantitative estimate of drug-likeness (QED) is 0.676. The summed E-state index contributed by atoms with van der Waals surface area (Å²) in [6.45, 7) is 10.9. The minimum absolute atomic E-state index is 1.14. The van der Waals surface area contributed by atoms with Crippen LogP contribution in [0.2, 0.25) is 0 Å². The molecule has 2 rings (SSSR count). The van der Waals surface area contributed by atoms with Crippen molar-refractivity contribution in [2.45, 2.75) is 20.8 Å². The Hall–Kier alpha value is -0.860. The Bertz CT molecular complexity index is 229. The van der Waals surface area contributed by atoms with Crippen molar-refractivity contribution >= 4 is 0 Å². The van der Waals surface area contributed by atoms with Gasteiger partial charge in [0.1, 0.15) is 0 Å². The average molecular weight is 206 g/mol. The van der Waals surface area contributed by atoms with Crippen molar-refractivity contribution in [3.8, 4) is 0 Å². The second-order valence-electron chi connectivity index (χ2n) is 4.17. The summed E-state index contributed by atoms with van der Waals surface area (Å²) in [5.41, 5.74) is 4.06. The van der Waals surface area contributed by atoms with E-state index in [1.165, 1.54) is 16.7 Å². The van der Waals surface area contributed by atoms with Crippen LogP contribution < -0.4 is 10.6 Å².